The predicted octanol–water partition coefficient (Wildman–Crippen LogP) is 2.35. The molecule has 0 aromatic carbocycles. The van der Waals surface area contributed by atoms with Crippen molar-refractivity contribution in [1.29, 1.82) is 0 Å². The molecule has 0 bridgehead atoms. The fourth-order valence-corrected chi connectivity index (χ4v) is 3.94. The maximum absolute atomic E-state index is 12.2. The summed E-state index contributed by atoms with van der Waals surface area (Å²) in [5.74, 6) is 0.818. The van der Waals surface area contributed by atoms with Gasteiger partial charge in [0.15, 0.2) is 0 Å². The van der Waals surface area contributed by atoms with E-state index in [2.05, 4.69) is 33.7 Å². The van der Waals surface area contributed by atoms with Crippen LogP contribution in [-0.2, 0) is 25.9 Å². The predicted molar refractivity (Wildman–Crippen MR) is 88.3 cm³/mol. The van der Waals surface area contributed by atoms with Crippen LogP contribution < -0.4 is 5.56 Å². The highest BCUT2D eigenvalue weighted by Crippen LogP contribution is 2.22. The van der Waals surface area contributed by atoms with Crippen LogP contribution in [0.15, 0.2) is 4.79 Å². The van der Waals surface area contributed by atoms with Crippen LogP contribution in [0, 0.1) is 13.8 Å². The zero-order chi connectivity index (χ0) is 15.7. The van der Waals surface area contributed by atoms with Crippen molar-refractivity contribution in [3.05, 3.63) is 43.0 Å². The van der Waals surface area contributed by atoms with Crippen molar-refractivity contribution < 1.29 is 0 Å². The van der Waals surface area contributed by atoms with E-state index in [-0.39, 0.29) is 5.56 Å². The molecule has 118 valence electrons. The van der Waals surface area contributed by atoms with Crippen molar-refractivity contribution in [2.75, 3.05) is 6.54 Å². The minimum absolute atomic E-state index is 0.0536. The molecule has 0 radical (unpaired) electrons. The standard InChI is InChI=1S/C16H22N4OS/c1-4-5-15-18-13-8-20(7-6-12(13)16(21)19-15)9-14-10(2)17-11(3)22-14/h4-9H2,1-3H3,(H,18,19,21). The monoisotopic (exact) mass is 318 g/mol. The normalized spacial score (nSPS) is 15.0. The number of hydrogen-bond acceptors (Lipinski definition) is 5. The van der Waals surface area contributed by atoms with Crippen LogP contribution in [0.1, 0.15) is 46.0 Å². The fourth-order valence-electron chi connectivity index (χ4n) is 2.96. The van der Waals surface area contributed by atoms with Crippen molar-refractivity contribution in [3.8, 4) is 0 Å². The van der Waals surface area contributed by atoms with Gasteiger partial charge in [0.05, 0.1) is 16.4 Å². The highest BCUT2D eigenvalue weighted by molar-refractivity contribution is 7.11. The topological polar surface area (TPSA) is 61.9 Å². The highest BCUT2D eigenvalue weighted by atomic mass is 32.1. The molecule has 0 unspecified atom stereocenters. The molecule has 1 aliphatic rings. The molecule has 0 spiro atoms. The smallest absolute Gasteiger partial charge is 0.254 e. The van der Waals surface area contributed by atoms with E-state index in [1.807, 2.05) is 6.92 Å². The minimum atomic E-state index is 0.0536. The Morgan fingerprint density at radius 3 is 2.82 bits per heavy atom. The second-order valence-corrected chi connectivity index (χ2v) is 7.18. The van der Waals surface area contributed by atoms with Gasteiger partial charge < -0.3 is 4.98 Å². The molecule has 2 aromatic heterocycles. The van der Waals surface area contributed by atoms with Gasteiger partial charge in [-0.3, -0.25) is 9.69 Å². The lowest BCUT2D eigenvalue weighted by Gasteiger charge is -2.27. The van der Waals surface area contributed by atoms with Gasteiger partial charge in [-0.2, -0.15) is 0 Å². The molecule has 0 atom stereocenters. The first kappa shape index (κ1) is 15.4. The minimum Gasteiger partial charge on any atom is -0.310 e. The summed E-state index contributed by atoms with van der Waals surface area (Å²) in [4.78, 5) is 27.9. The first-order chi connectivity index (χ1) is 10.6. The lowest BCUT2D eigenvalue weighted by molar-refractivity contribution is 0.241. The summed E-state index contributed by atoms with van der Waals surface area (Å²) in [5, 5.41) is 1.12. The van der Waals surface area contributed by atoms with Gasteiger partial charge in [0, 0.05) is 36.5 Å². The zero-order valence-electron chi connectivity index (χ0n) is 13.4. The van der Waals surface area contributed by atoms with Gasteiger partial charge in [0.25, 0.3) is 5.56 Å². The lowest BCUT2D eigenvalue weighted by Crippen LogP contribution is -2.35. The molecule has 6 heteroatoms. The van der Waals surface area contributed by atoms with E-state index in [1.165, 1.54) is 4.88 Å². The first-order valence-corrected chi connectivity index (χ1v) is 8.64. The quantitative estimate of drug-likeness (QED) is 0.940. The molecule has 22 heavy (non-hydrogen) atoms. The summed E-state index contributed by atoms with van der Waals surface area (Å²) >= 11 is 1.76. The van der Waals surface area contributed by atoms with Gasteiger partial charge in [0.1, 0.15) is 5.82 Å². The summed E-state index contributed by atoms with van der Waals surface area (Å²) in [6.45, 7) is 8.77. The lowest BCUT2D eigenvalue weighted by atomic mass is 10.1. The van der Waals surface area contributed by atoms with E-state index in [0.29, 0.717) is 0 Å². The SMILES string of the molecule is CCCc1nc2c(c(=O)[nH]1)CCN(Cc1sc(C)nc1C)C2. The molecule has 3 heterocycles. The Morgan fingerprint density at radius 1 is 1.32 bits per heavy atom. The number of aromatic nitrogens is 3. The molecule has 1 N–H and O–H groups in total. The summed E-state index contributed by atoms with van der Waals surface area (Å²) in [6, 6.07) is 0. The van der Waals surface area contributed by atoms with E-state index < -0.39 is 0 Å². The van der Waals surface area contributed by atoms with Crippen LogP contribution in [0.2, 0.25) is 0 Å². The molecule has 0 aliphatic carbocycles. The third-order valence-electron chi connectivity index (χ3n) is 4.06. The van der Waals surface area contributed by atoms with Crippen molar-refractivity contribution in [3.63, 3.8) is 0 Å². The summed E-state index contributed by atoms with van der Waals surface area (Å²) in [5.41, 5.74) is 3.00. The number of nitrogens with one attached hydrogen (secondary N) is 1. The second kappa shape index (κ2) is 6.30. The van der Waals surface area contributed by atoms with Crippen LogP contribution in [0.25, 0.3) is 0 Å². The van der Waals surface area contributed by atoms with E-state index >= 15 is 0 Å². The zero-order valence-corrected chi connectivity index (χ0v) is 14.2. The number of fused-ring (bicyclic) bond motifs is 1. The van der Waals surface area contributed by atoms with E-state index in [9.17, 15) is 4.79 Å². The molecule has 0 amide bonds. The number of thiazole rings is 1. The fraction of sp³-hybridized carbons (Fsp3) is 0.562. The highest BCUT2D eigenvalue weighted by Gasteiger charge is 2.22. The number of hydrogen-bond donors (Lipinski definition) is 1. The summed E-state index contributed by atoms with van der Waals surface area (Å²) in [6.07, 6.45) is 2.60. The second-order valence-electron chi connectivity index (χ2n) is 5.89. The molecule has 0 fully saturated rings. The van der Waals surface area contributed by atoms with Gasteiger partial charge in [-0.05, 0) is 26.7 Å². The molecule has 2 aromatic rings. The summed E-state index contributed by atoms with van der Waals surface area (Å²) < 4.78 is 0. The average molecular weight is 318 g/mol. The Labute approximate surface area is 134 Å². The van der Waals surface area contributed by atoms with E-state index in [4.69, 9.17) is 0 Å². The van der Waals surface area contributed by atoms with Crippen LogP contribution in [0.5, 0.6) is 0 Å². The van der Waals surface area contributed by atoms with Gasteiger partial charge in [-0.15, -0.1) is 11.3 Å². The van der Waals surface area contributed by atoms with Crippen molar-refractivity contribution >= 4 is 11.3 Å². The third-order valence-corrected chi connectivity index (χ3v) is 5.11. The molecular weight excluding hydrogens is 296 g/mol. The number of nitrogens with zero attached hydrogens (tertiary/aromatic N) is 3. The molecule has 5 nitrogen and oxygen atoms in total. The number of aromatic amines is 1. The number of H-pyrrole nitrogens is 1. The van der Waals surface area contributed by atoms with E-state index in [1.54, 1.807) is 11.3 Å². The molecule has 0 saturated carbocycles. The van der Waals surface area contributed by atoms with Crippen LogP contribution in [0.4, 0.5) is 0 Å². The Hall–Kier alpha value is -1.53. The van der Waals surface area contributed by atoms with Crippen LogP contribution in [0.3, 0.4) is 0 Å². The maximum Gasteiger partial charge on any atom is 0.254 e. The van der Waals surface area contributed by atoms with Crippen LogP contribution in [-0.4, -0.2) is 26.4 Å². The average Bonchev–Trinajstić information content (AvgIpc) is 2.77. The number of rotatable bonds is 4. The summed E-state index contributed by atoms with van der Waals surface area (Å²) in [7, 11) is 0. The van der Waals surface area contributed by atoms with Gasteiger partial charge in [-0.1, -0.05) is 6.92 Å². The Morgan fingerprint density at radius 2 is 2.14 bits per heavy atom. The van der Waals surface area contributed by atoms with Gasteiger partial charge in [0.2, 0.25) is 0 Å². The molecule has 1 aliphatic heterocycles. The van der Waals surface area contributed by atoms with Crippen molar-refractivity contribution in [2.45, 2.75) is 53.1 Å². The van der Waals surface area contributed by atoms with E-state index in [0.717, 1.165) is 66.7 Å². The maximum atomic E-state index is 12.2. The molecular formula is C16H22N4OS. The first-order valence-electron chi connectivity index (χ1n) is 7.83. The van der Waals surface area contributed by atoms with Crippen molar-refractivity contribution in [2.24, 2.45) is 0 Å². The van der Waals surface area contributed by atoms with Gasteiger partial charge >= 0.3 is 0 Å². The van der Waals surface area contributed by atoms with Crippen LogP contribution >= 0.6 is 11.3 Å². The Balaban J connectivity index is 1.80. The molecule has 3 rings (SSSR count). The number of aryl methyl sites for hydroxylation is 3. The third kappa shape index (κ3) is 3.13. The Bertz CT molecular complexity index is 734. The van der Waals surface area contributed by atoms with Gasteiger partial charge in [-0.25, -0.2) is 9.97 Å². The Kier molecular flexibility index (Phi) is 4.40. The largest absolute Gasteiger partial charge is 0.310 e. The van der Waals surface area contributed by atoms with Crippen molar-refractivity contribution in [1.82, 2.24) is 19.9 Å². The molecule has 0 saturated heterocycles.